The molecule has 0 bridgehead atoms. The number of aromatic hydroxyl groups is 1. The molecule has 12 nitrogen and oxygen atoms in total. The summed E-state index contributed by atoms with van der Waals surface area (Å²) in [5.41, 5.74) is -1.03. The van der Waals surface area contributed by atoms with Crippen molar-refractivity contribution in [2.24, 2.45) is 5.41 Å². The van der Waals surface area contributed by atoms with Crippen LogP contribution in [-0.4, -0.2) is 113 Å². The highest BCUT2D eigenvalue weighted by Crippen LogP contribution is 2.53. The molecule has 5 heterocycles. The van der Waals surface area contributed by atoms with Gasteiger partial charge in [-0.1, -0.05) is 19.4 Å². The summed E-state index contributed by atoms with van der Waals surface area (Å²) in [5.74, 6) is -1.44. The lowest BCUT2D eigenvalue weighted by Gasteiger charge is -2.55. The van der Waals surface area contributed by atoms with Crippen LogP contribution in [0.25, 0.3) is 32.9 Å². The van der Waals surface area contributed by atoms with E-state index in [9.17, 15) is 10.2 Å². The van der Waals surface area contributed by atoms with Crippen LogP contribution in [0.3, 0.4) is 0 Å². The minimum atomic E-state index is -1.23. The third kappa shape index (κ3) is 6.34. The summed E-state index contributed by atoms with van der Waals surface area (Å²) in [6.07, 6.45) is 7.28. The first kappa shape index (κ1) is 36.7. The van der Waals surface area contributed by atoms with Crippen LogP contribution in [0.1, 0.15) is 64.4 Å². The van der Waals surface area contributed by atoms with Gasteiger partial charge in [0.25, 0.3) is 0 Å². The Hall–Kier alpha value is -3.95. The number of hydrogen-bond acceptors (Lipinski definition) is 12. The largest absolute Gasteiger partial charge is 0.508 e. The first-order chi connectivity index (χ1) is 26.5. The molecule has 2 aromatic heterocycles. The zero-order valence-corrected chi connectivity index (χ0v) is 31.7. The van der Waals surface area contributed by atoms with E-state index >= 15 is 8.78 Å². The average Bonchev–Trinajstić information content (AvgIpc) is 3.79. The molecule has 294 valence electrons. The number of aromatic nitrogens is 3. The van der Waals surface area contributed by atoms with Crippen LogP contribution < -0.4 is 14.4 Å². The van der Waals surface area contributed by atoms with Crippen LogP contribution in [-0.2, 0) is 20.6 Å². The van der Waals surface area contributed by atoms with Crippen molar-refractivity contribution in [3.8, 4) is 28.9 Å². The van der Waals surface area contributed by atoms with E-state index in [2.05, 4.69) is 9.88 Å². The molecule has 14 heteroatoms. The fourth-order valence-corrected chi connectivity index (χ4v) is 10.1. The normalized spacial score (nSPS) is 27.1. The summed E-state index contributed by atoms with van der Waals surface area (Å²) >= 11 is 0. The molecule has 5 aliphatic rings. The number of methoxy groups -OCH3 is 1. The highest BCUT2D eigenvalue weighted by atomic mass is 19.1. The fraction of sp³-hybridized carbons (Fsp3) is 0.585. The fourth-order valence-electron chi connectivity index (χ4n) is 10.1. The number of pyridine rings is 1. The summed E-state index contributed by atoms with van der Waals surface area (Å²) in [6, 6.07) is 6.54. The van der Waals surface area contributed by atoms with E-state index in [0.717, 1.165) is 51.5 Å². The monoisotopic (exact) mass is 761 g/mol. The maximum atomic E-state index is 17.4. The van der Waals surface area contributed by atoms with Gasteiger partial charge in [-0.25, -0.2) is 13.8 Å². The molecule has 1 spiro atoms. The van der Waals surface area contributed by atoms with Gasteiger partial charge in [0.15, 0.2) is 11.6 Å². The molecule has 9 rings (SSSR count). The van der Waals surface area contributed by atoms with Crippen molar-refractivity contribution in [1.82, 2.24) is 19.9 Å². The van der Waals surface area contributed by atoms with Crippen LogP contribution in [0.4, 0.5) is 14.6 Å². The van der Waals surface area contributed by atoms with Gasteiger partial charge in [-0.05, 0) is 80.1 Å². The van der Waals surface area contributed by atoms with Crippen molar-refractivity contribution in [1.29, 1.82) is 0 Å². The quantitative estimate of drug-likeness (QED) is 0.222. The van der Waals surface area contributed by atoms with E-state index in [1.165, 1.54) is 25.3 Å². The number of ether oxygens (including phenoxy) is 5. The summed E-state index contributed by atoms with van der Waals surface area (Å²) in [4.78, 5) is 18.8. The van der Waals surface area contributed by atoms with Crippen molar-refractivity contribution >= 4 is 27.5 Å². The van der Waals surface area contributed by atoms with Crippen LogP contribution in [0.5, 0.6) is 17.6 Å². The minimum Gasteiger partial charge on any atom is -0.508 e. The number of likely N-dealkylation sites (tertiary alicyclic amines) is 1. The van der Waals surface area contributed by atoms with Gasteiger partial charge in [0, 0.05) is 42.4 Å². The van der Waals surface area contributed by atoms with Gasteiger partial charge in [0.05, 0.1) is 46.7 Å². The number of phenolic OH excluding ortho intramolecular Hbond substituents is 1. The third-order valence-corrected chi connectivity index (χ3v) is 12.6. The van der Waals surface area contributed by atoms with Crippen molar-refractivity contribution < 1.29 is 42.7 Å². The van der Waals surface area contributed by atoms with E-state index in [4.69, 9.17) is 33.7 Å². The standard InChI is InChI=1S/C41H49F2N5O7/c1-4-27-29(42)9-8-24-17-26(49)18-28(31(24)27)34-33(43)35-32(37(44-34)51-3)36(47-13-14-52-22-39(2,50)21-47)46-38(45-35)53-23-40-10-5-7-30(40)48(12-6-11-40)25-19-41(20-25)54-15-16-55-41/h8-9,17-18,25,30,49-50H,4-7,10-16,19-23H2,1-3H3/t30?,39-,40+/m0/s1. The van der Waals surface area contributed by atoms with Gasteiger partial charge in [0.2, 0.25) is 5.88 Å². The van der Waals surface area contributed by atoms with E-state index in [0.29, 0.717) is 73.6 Å². The Bertz CT molecular complexity index is 2120. The molecule has 2 N–H and O–H groups in total. The number of β-amino-alcohol motifs (C(OH)–C–C–N with tert-alkyl or cyclic N) is 1. The number of halogens is 2. The molecule has 2 saturated carbocycles. The SMILES string of the molecule is CCc1c(F)ccc2cc(O)cc(-c3nc(OC)c4c(N5CCOC[C@@](C)(O)C5)nc(OC[C@]56CCCC5N(C5CC7(C5)OCCO7)CCC6)nc4c3F)c12. The molecule has 0 amide bonds. The molecule has 3 atom stereocenters. The van der Waals surface area contributed by atoms with Crippen molar-refractivity contribution in [2.45, 2.75) is 88.7 Å². The van der Waals surface area contributed by atoms with Gasteiger partial charge >= 0.3 is 6.01 Å². The van der Waals surface area contributed by atoms with Gasteiger partial charge in [0.1, 0.15) is 39.6 Å². The van der Waals surface area contributed by atoms with Crippen LogP contribution in [0.2, 0.25) is 0 Å². The second kappa shape index (κ2) is 13.9. The predicted molar refractivity (Wildman–Crippen MR) is 201 cm³/mol. The first-order valence-corrected chi connectivity index (χ1v) is 19.6. The number of phenols is 1. The highest BCUT2D eigenvalue weighted by Gasteiger charge is 2.57. The second-order valence-electron chi connectivity index (χ2n) is 16.3. The molecular formula is C41H49F2N5O7. The topological polar surface area (TPSA) is 132 Å². The van der Waals surface area contributed by atoms with E-state index in [1.54, 1.807) is 13.0 Å². The smallest absolute Gasteiger partial charge is 0.319 e. The number of benzene rings is 2. The van der Waals surface area contributed by atoms with E-state index in [-0.39, 0.29) is 58.4 Å². The Balaban J connectivity index is 1.14. The number of aliphatic hydroxyl groups is 1. The van der Waals surface area contributed by atoms with Gasteiger partial charge in [-0.2, -0.15) is 9.97 Å². The molecule has 3 saturated heterocycles. The lowest BCUT2D eigenvalue weighted by molar-refractivity contribution is -0.242. The first-order valence-electron chi connectivity index (χ1n) is 19.6. The number of anilines is 1. The molecule has 1 unspecified atom stereocenters. The lowest BCUT2D eigenvalue weighted by Crippen LogP contribution is -2.63. The van der Waals surface area contributed by atoms with Crippen LogP contribution in [0.15, 0.2) is 24.3 Å². The summed E-state index contributed by atoms with van der Waals surface area (Å²) in [5, 5.41) is 23.2. The minimum absolute atomic E-state index is 0.000953. The number of fused-ring (bicyclic) bond motifs is 3. The molecule has 4 aromatic rings. The number of rotatable bonds is 8. The van der Waals surface area contributed by atoms with Gasteiger partial charge in [-0.15, -0.1) is 0 Å². The number of hydrogen-bond donors (Lipinski definition) is 2. The Morgan fingerprint density at radius 2 is 1.80 bits per heavy atom. The molecule has 2 aliphatic carbocycles. The maximum Gasteiger partial charge on any atom is 0.319 e. The van der Waals surface area contributed by atoms with Crippen LogP contribution in [0, 0.1) is 17.0 Å². The average molecular weight is 762 g/mol. The Labute approximate surface area is 318 Å². The third-order valence-electron chi connectivity index (χ3n) is 12.6. The van der Waals surface area contributed by atoms with E-state index in [1.807, 2.05) is 11.8 Å². The highest BCUT2D eigenvalue weighted by molar-refractivity contribution is 6.03. The zero-order chi connectivity index (χ0) is 38.1. The zero-order valence-electron chi connectivity index (χ0n) is 31.7. The van der Waals surface area contributed by atoms with Gasteiger partial charge < -0.3 is 38.8 Å². The molecule has 3 aliphatic heterocycles. The molecular weight excluding hydrogens is 712 g/mol. The number of nitrogens with zero attached hydrogens (tertiary/aromatic N) is 5. The Morgan fingerprint density at radius 3 is 2.58 bits per heavy atom. The Kier molecular flexibility index (Phi) is 9.27. The molecule has 55 heavy (non-hydrogen) atoms. The lowest BCUT2D eigenvalue weighted by atomic mass is 9.72. The summed E-state index contributed by atoms with van der Waals surface area (Å²) in [7, 11) is 1.43. The summed E-state index contributed by atoms with van der Waals surface area (Å²) in [6.45, 7) is 7.09. The summed E-state index contributed by atoms with van der Waals surface area (Å²) < 4.78 is 62.8. The predicted octanol–water partition coefficient (Wildman–Crippen LogP) is 5.91. The van der Waals surface area contributed by atoms with E-state index < -0.39 is 23.0 Å². The molecule has 2 aromatic carbocycles. The van der Waals surface area contributed by atoms with Crippen LogP contribution >= 0.6 is 0 Å². The van der Waals surface area contributed by atoms with Gasteiger partial charge in [-0.3, -0.25) is 4.90 Å². The number of piperidine rings is 1. The Morgan fingerprint density at radius 1 is 1.00 bits per heavy atom. The molecule has 5 fully saturated rings. The molecule has 0 radical (unpaired) electrons. The number of aryl methyl sites for hydroxylation is 1. The maximum absolute atomic E-state index is 17.4. The second-order valence-corrected chi connectivity index (χ2v) is 16.3. The van der Waals surface area contributed by atoms with Crippen molar-refractivity contribution in [3.63, 3.8) is 0 Å². The van der Waals surface area contributed by atoms with Crippen molar-refractivity contribution in [2.75, 3.05) is 64.7 Å². The van der Waals surface area contributed by atoms with Crippen molar-refractivity contribution in [3.05, 3.63) is 41.5 Å².